The lowest BCUT2D eigenvalue weighted by molar-refractivity contribution is -0.112. The summed E-state index contributed by atoms with van der Waals surface area (Å²) in [4.78, 5) is 11.3. The van der Waals surface area contributed by atoms with Crippen molar-refractivity contribution in [2.75, 3.05) is 0 Å². The Morgan fingerprint density at radius 3 is 2.90 bits per heavy atom. The lowest BCUT2D eigenvalue weighted by atomic mass is 10.3. The zero-order valence-corrected chi connectivity index (χ0v) is 6.65. The molecule has 0 amide bonds. The van der Waals surface area contributed by atoms with Crippen LogP contribution in [0.4, 0.5) is 0 Å². The van der Waals surface area contributed by atoms with Crippen molar-refractivity contribution >= 4 is 28.2 Å². The summed E-state index contributed by atoms with van der Waals surface area (Å²) in [6.45, 7) is 0. The molecule has 1 aromatic heterocycles. The second kappa shape index (κ2) is 3.14. The Hall–Kier alpha value is -0.380. The average Bonchev–Trinajstić information content (AvgIpc) is 2.36. The molecule has 0 aliphatic heterocycles. The average molecular weight is 176 g/mol. The van der Waals surface area contributed by atoms with Crippen molar-refractivity contribution in [3.63, 3.8) is 0 Å². The highest BCUT2D eigenvalue weighted by Gasteiger charge is 2.12. The standard InChI is InChI=1S/C6H6ClNOS/c7-6(9)5(8)4-2-1-3-10-4/h1-3,5H,8H2. The van der Waals surface area contributed by atoms with Crippen molar-refractivity contribution in [3.05, 3.63) is 22.4 Å². The molecule has 0 aromatic carbocycles. The van der Waals surface area contributed by atoms with E-state index >= 15 is 0 Å². The van der Waals surface area contributed by atoms with Crippen LogP contribution in [0.2, 0.25) is 0 Å². The molecule has 0 fully saturated rings. The molecule has 0 saturated carbocycles. The van der Waals surface area contributed by atoms with Crippen molar-refractivity contribution < 1.29 is 4.79 Å². The molecule has 1 rings (SSSR count). The maximum absolute atomic E-state index is 10.5. The number of halogens is 1. The van der Waals surface area contributed by atoms with E-state index in [-0.39, 0.29) is 0 Å². The summed E-state index contributed by atoms with van der Waals surface area (Å²) < 4.78 is 0. The van der Waals surface area contributed by atoms with Crippen LogP contribution in [0.3, 0.4) is 0 Å². The van der Waals surface area contributed by atoms with Crippen LogP contribution < -0.4 is 5.73 Å². The van der Waals surface area contributed by atoms with Gasteiger partial charge in [-0.2, -0.15) is 0 Å². The number of nitrogens with two attached hydrogens (primary N) is 1. The number of carbonyl (C=O) groups excluding carboxylic acids is 1. The summed E-state index contributed by atoms with van der Waals surface area (Å²) >= 11 is 6.59. The van der Waals surface area contributed by atoms with Gasteiger partial charge in [0, 0.05) is 4.88 Å². The van der Waals surface area contributed by atoms with Crippen molar-refractivity contribution in [1.29, 1.82) is 0 Å². The minimum atomic E-state index is -0.651. The molecule has 0 bridgehead atoms. The molecule has 1 heterocycles. The summed E-state index contributed by atoms with van der Waals surface area (Å²) in [5.74, 6) is 0. The second-order valence-corrected chi connectivity index (χ2v) is 3.15. The number of rotatable bonds is 2. The summed E-state index contributed by atoms with van der Waals surface area (Å²) in [5.41, 5.74) is 5.41. The van der Waals surface area contributed by atoms with Gasteiger partial charge in [-0.25, -0.2) is 0 Å². The van der Waals surface area contributed by atoms with Gasteiger partial charge in [-0.1, -0.05) is 6.07 Å². The van der Waals surface area contributed by atoms with Gasteiger partial charge in [-0.15, -0.1) is 11.3 Å². The van der Waals surface area contributed by atoms with Crippen LogP contribution in [-0.2, 0) is 4.79 Å². The fourth-order valence-corrected chi connectivity index (χ4v) is 1.49. The fourth-order valence-electron chi connectivity index (χ4n) is 0.580. The van der Waals surface area contributed by atoms with Crippen LogP contribution in [0.1, 0.15) is 10.9 Å². The molecule has 0 aliphatic carbocycles. The van der Waals surface area contributed by atoms with Gasteiger partial charge in [-0.05, 0) is 23.0 Å². The molecule has 0 spiro atoms. The lowest BCUT2D eigenvalue weighted by Gasteiger charge is -1.99. The molecule has 1 aromatic rings. The van der Waals surface area contributed by atoms with Crippen molar-refractivity contribution in [2.45, 2.75) is 6.04 Å². The highest BCUT2D eigenvalue weighted by atomic mass is 35.5. The lowest BCUT2D eigenvalue weighted by Crippen LogP contribution is -2.15. The maximum Gasteiger partial charge on any atom is 0.243 e. The van der Waals surface area contributed by atoms with E-state index in [1.807, 2.05) is 11.4 Å². The van der Waals surface area contributed by atoms with Crippen LogP contribution in [0, 0.1) is 0 Å². The van der Waals surface area contributed by atoms with Crippen LogP contribution in [0.5, 0.6) is 0 Å². The zero-order valence-electron chi connectivity index (χ0n) is 5.08. The smallest absolute Gasteiger partial charge is 0.243 e. The number of carbonyl (C=O) groups is 1. The molecule has 10 heavy (non-hydrogen) atoms. The minimum Gasteiger partial charge on any atom is -0.316 e. The fraction of sp³-hybridized carbons (Fsp3) is 0.167. The molecule has 54 valence electrons. The minimum absolute atomic E-state index is 0.512. The van der Waals surface area contributed by atoms with E-state index in [9.17, 15) is 4.79 Å². The number of hydrogen-bond acceptors (Lipinski definition) is 3. The topological polar surface area (TPSA) is 43.1 Å². The van der Waals surface area contributed by atoms with Gasteiger partial charge in [0.25, 0.3) is 0 Å². The summed E-state index contributed by atoms with van der Waals surface area (Å²) in [6.07, 6.45) is 0. The van der Waals surface area contributed by atoms with Gasteiger partial charge >= 0.3 is 0 Å². The van der Waals surface area contributed by atoms with E-state index in [2.05, 4.69) is 0 Å². The quantitative estimate of drug-likeness (QED) is 0.693. The third-order valence-corrected chi connectivity index (χ3v) is 2.28. The van der Waals surface area contributed by atoms with E-state index in [1.54, 1.807) is 6.07 Å². The Morgan fingerprint density at radius 2 is 2.50 bits per heavy atom. The van der Waals surface area contributed by atoms with Crippen molar-refractivity contribution in [2.24, 2.45) is 5.73 Å². The molecule has 1 atom stereocenters. The highest BCUT2D eigenvalue weighted by Crippen LogP contribution is 2.18. The van der Waals surface area contributed by atoms with E-state index in [1.165, 1.54) is 11.3 Å². The summed E-state index contributed by atoms with van der Waals surface area (Å²) in [6, 6.07) is 2.97. The van der Waals surface area contributed by atoms with E-state index < -0.39 is 11.3 Å². The van der Waals surface area contributed by atoms with Crippen LogP contribution in [-0.4, -0.2) is 5.24 Å². The molecule has 0 radical (unpaired) electrons. The Balaban J connectivity index is 2.77. The monoisotopic (exact) mass is 175 g/mol. The van der Waals surface area contributed by atoms with Gasteiger partial charge in [0.05, 0.1) is 0 Å². The molecule has 1 unspecified atom stereocenters. The third kappa shape index (κ3) is 1.56. The van der Waals surface area contributed by atoms with E-state index in [0.29, 0.717) is 0 Å². The van der Waals surface area contributed by atoms with Crippen LogP contribution in [0.25, 0.3) is 0 Å². The molecule has 0 saturated heterocycles. The Labute approximate surface area is 67.6 Å². The SMILES string of the molecule is NC(C(=O)Cl)c1cccs1. The maximum atomic E-state index is 10.5. The Bertz CT molecular complexity index is 222. The molecule has 2 N–H and O–H groups in total. The van der Waals surface area contributed by atoms with Gasteiger partial charge in [-0.3, -0.25) is 4.79 Å². The predicted octanol–water partition coefficient (Wildman–Crippen LogP) is 1.51. The molecule has 0 aliphatic rings. The Morgan fingerprint density at radius 1 is 1.80 bits per heavy atom. The van der Waals surface area contributed by atoms with Crippen molar-refractivity contribution in [1.82, 2.24) is 0 Å². The van der Waals surface area contributed by atoms with Gasteiger partial charge in [0.15, 0.2) is 0 Å². The summed E-state index contributed by atoms with van der Waals surface area (Å²) in [7, 11) is 0. The largest absolute Gasteiger partial charge is 0.316 e. The summed E-state index contributed by atoms with van der Waals surface area (Å²) in [5, 5.41) is 1.34. The van der Waals surface area contributed by atoms with Gasteiger partial charge in [0.2, 0.25) is 5.24 Å². The molecule has 4 heteroatoms. The number of hydrogen-bond donors (Lipinski definition) is 1. The third-order valence-electron chi connectivity index (χ3n) is 1.09. The zero-order chi connectivity index (χ0) is 7.56. The van der Waals surface area contributed by atoms with Gasteiger partial charge < -0.3 is 5.73 Å². The molecular formula is C6H6ClNOS. The first-order chi connectivity index (χ1) is 4.72. The second-order valence-electron chi connectivity index (χ2n) is 1.80. The van der Waals surface area contributed by atoms with Crippen LogP contribution >= 0.6 is 22.9 Å². The predicted molar refractivity (Wildman–Crippen MR) is 42.1 cm³/mol. The van der Waals surface area contributed by atoms with Crippen molar-refractivity contribution in [3.8, 4) is 0 Å². The molecule has 2 nitrogen and oxygen atoms in total. The number of thiophene rings is 1. The van der Waals surface area contributed by atoms with Gasteiger partial charge in [0.1, 0.15) is 6.04 Å². The first kappa shape index (κ1) is 7.72. The molecular weight excluding hydrogens is 170 g/mol. The van der Waals surface area contributed by atoms with E-state index in [0.717, 1.165) is 4.88 Å². The highest BCUT2D eigenvalue weighted by molar-refractivity contribution is 7.10. The first-order valence-electron chi connectivity index (χ1n) is 2.70. The van der Waals surface area contributed by atoms with E-state index in [4.69, 9.17) is 17.3 Å². The first-order valence-corrected chi connectivity index (χ1v) is 3.96. The van der Waals surface area contributed by atoms with Crippen LogP contribution in [0.15, 0.2) is 17.5 Å². The Kier molecular flexibility index (Phi) is 2.43. The normalized spacial score (nSPS) is 13.0.